The molecule has 1 amide bonds. The second kappa shape index (κ2) is 11.4. The molecule has 2 aromatic carbocycles. The van der Waals surface area contributed by atoms with E-state index in [1.165, 1.54) is 0 Å². The van der Waals surface area contributed by atoms with Crippen molar-refractivity contribution in [1.82, 2.24) is 9.88 Å². The lowest BCUT2D eigenvalue weighted by Crippen LogP contribution is -2.39. The molecule has 1 fully saturated rings. The molecule has 0 radical (unpaired) electrons. The van der Waals surface area contributed by atoms with E-state index >= 15 is 0 Å². The van der Waals surface area contributed by atoms with Gasteiger partial charge in [-0.15, -0.1) is 12.4 Å². The molecular weight excluding hydrogens is 514 g/mol. The highest BCUT2D eigenvalue weighted by Gasteiger charge is 2.23. The number of rotatable bonds is 7. The Morgan fingerprint density at radius 2 is 2.06 bits per heavy atom. The molecule has 2 heterocycles. The second-order valence-corrected chi connectivity index (χ2v) is 9.43. The number of carbonyl (C=O) groups is 1. The van der Waals surface area contributed by atoms with E-state index in [9.17, 15) is 4.79 Å². The Morgan fingerprint density at radius 1 is 1.28 bits per heavy atom. The predicted molar refractivity (Wildman–Crippen MR) is 136 cm³/mol. The molecule has 0 saturated carbocycles. The molecule has 172 valence electrons. The molecule has 1 aliphatic heterocycles. The van der Waals surface area contributed by atoms with Gasteiger partial charge >= 0.3 is 0 Å². The molecule has 1 saturated heterocycles. The van der Waals surface area contributed by atoms with Crippen molar-refractivity contribution < 1.29 is 14.3 Å². The number of morpholine rings is 1. The van der Waals surface area contributed by atoms with Crippen LogP contribution in [-0.4, -0.2) is 62.3 Å². The van der Waals surface area contributed by atoms with Crippen molar-refractivity contribution in [1.29, 1.82) is 0 Å². The summed E-state index contributed by atoms with van der Waals surface area (Å²) in [7, 11) is 1.65. The number of ether oxygens (including phenoxy) is 2. The summed E-state index contributed by atoms with van der Waals surface area (Å²) < 4.78 is 12.9. The molecule has 0 bridgehead atoms. The number of amides is 1. The van der Waals surface area contributed by atoms with E-state index < -0.39 is 0 Å². The van der Waals surface area contributed by atoms with Crippen LogP contribution in [0.3, 0.4) is 0 Å². The molecule has 1 aliphatic rings. The summed E-state index contributed by atoms with van der Waals surface area (Å²) in [4.78, 5) is 22.5. The highest BCUT2D eigenvalue weighted by Crippen LogP contribution is 2.37. The van der Waals surface area contributed by atoms with E-state index in [4.69, 9.17) is 14.5 Å². The Hall–Kier alpha value is -1.71. The van der Waals surface area contributed by atoms with Gasteiger partial charge in [-0.1, -0.05) is 39.4 Å². The maximum absolute atomic E-state index is 13.5. The van der Waals surface area contributed by atoms with Crippen molar-refractivity contribution in [2.75, 3.05) is 51.4 Å². The lowest BCUT2D eigenvalue weighted by Gasteiger charge is -2.27. The summed E-state index contributed by atoms with van der Waals surface area (Å²) >= 11 is 5.02. The van der Waals surface area contributed by atoms with Gasteiger partial charge in [-0.05, 0) is 43.2 Å². The number of aromatic nitrogens is 1. The van der Waals surface area contributed by atoms with Crippen molar-refractivity contribution >= 4 is 60.9 Å². The molecular formula is C23H27BrClN3O3S. The van der Waals surface area contributed by atoms with Gasteiger partial charge < -0.3 is 9.47 Å². The van der Waals surface area contributed by atoms with Crippen LogP contribution in [-0.2, 0) is 4.74 Å². The van der Waals surface area contributed by atoms with Crippen LogP contribution < -0.4 is 9.64 Å². The number of carbonyl (C=O) groups excluding carboxylic acids is 1. The van der Waals surface area contributed by atoms with Crippen LogP contribution >= 0.6 is 39.7 Å². The first-order valence-electron chi connectivity index (χ1n) is 10.4. The third-order valence-corrected chi connectivity index (χ3v) is 7.13. The highest BCUT2D eigenvalue weighted by atomic mass is 79.9. The fraction of sp³-hybridized carbons (Fsp3) is 0.391. The van der Waals surface area contributed by atoms with Gasteiger partial charge in [0.1, 0.15) is 11.3 Å². The number of fused-ring (bicyclic) bond motifs is 1. The van der Waals surface area contributed by atoms with Gasteiger partial charge in [0, 0.05) is 36.2 Å². The van der Waals surface area contributed by atoms with Gasteiger partial charge in [-0.25, -0.2) is 4.98 Å². The van der Waals surface area contributed by atoms with Gasteiger partial charge in [0.2, 0.25) is 0 Å². The minimum atomic E-state index is -0.0426. The second-order valence-electron chi connectivity index (χ2n) is 7.53. The zero-order chi connectivity index (χ0) is 21.8. The third-order valence-electron chi connectivity index (χ3n) is 5.42. The van der Waals surface area contributed by atoms with Gasteiger partial charge in [0.15, 0.2) is 5.13 Å². The van der Waals surface area contributed by atoms with E-state index in [0.717, 1.165) is 65.3 Å². The lowest BCUT2D eigenvalue weighted by atomic mass is 10.2. The maximum Gasteiger partial charge on any atom is 0.260 e. The maximum atomic E-state index is 13.5. The fourth-order valence-electron chi connectivity index (χ4n) is 3.72. The van der Waals surface area contributed by atoms with E-state index in [-0.39, 0.29) is 18.3 Å². The number of thiazole rings is 1. The molecule has 9 heteroatoms. The smallest absolute Gasteiger partial charge is 0.260 e. The summed E-state index contributed by atoms with van der Waals surface area (Å²) in [6.45, 7) is 7.02. The fourth-order valence-corrected chi connectivity index (χ4v) is 5.19. The zero-order valence-electron chi connectivity index (χ0n) is 18.2. The molecule has 3 aromatic rings. The average molecular weight is 541 g/mol. The molecule has 6 nitrogen and oxygen atoms in total. The van der Waals surface area contributed by atoms with Gasteiger partial charge in [-0.3, -0.25) is 14.6 Å². The van der Waals surface area contributed by atoms with Crippen LogP contribution in [0.1, 0.15) is 22.3 Å². The van der Waals surface area contributed by atoms with Crippen LogP contribution in [0.4, 0.5) is 5.13 Å². The van der Waals surface area contributed by atoms with Crippen LogP contribution in [0, 0.1) is 6.92 Å². The molecule has 0 N–H and O–H groups in total. The molecule has 1 aromatic heterocycles. The number of nitrogens with zero attached hydrogens (tertiary/aromatic N) is 3. The minimum absolute atomic E-state index is 0. The number of hydrogen-bond acceptors (Lipinski definition) is 6. The normalized spacial score (nSPS) is 14.2. The Morgan fingerprint density at radius 3 is 2.78 bits per heavy atom. The summed E-state index contributed by atoms with van der Waals surface area (Å²) in [5.74, 6) is 0.685. The van der Waals surface area contributed by atoms with Crippen LogP contribution in [0.2, 0.25) is 0 Å². The van der Waals surface area contributed by atoms with Crippen molar-refractivity contribution in [3.05, 3.63) is 52.0 Å². The van der Waals surface area contributed by atoms with Crippen LogP contribution in [0.5, 0.6) is 5.75 Å². The quantitative estimate of drug-likeness (QED) is 0.414. The molecule has 0 spiro atoms. The Labute approximate surface area is 207 Å². The van der Waals surface area contributed by atoms with Crippen molar-refractivity contribution in [2.45, 2.75) is 13.3 Å². The summed E-state index contributed by atoms with van der Waals surface area (Å²) in [6.07, 6.45) is 0.867. The Kier molecular flexibility index (Phi) is 8.90. The zero-order valence-corrected chi connectivity index (χ0v) is 21.4. The summed E-state index contributed by atoms with van der Waals surface area (Å²) in [5, 5.41) is 0.703. The monoisotopic (exact) mass is 539 g/mol. The average Bonchev–Trinajstić information content (AvgIpc) is 3.23. The minimum Gasteiger partial charge on any atom is -0.494 e. The number of halogens is 2. The van der Waals surface area contributed by atoms with Crippen molar-refractivity contribution in [2.24, 2.45) is 0 Å². The number of hydrogen-bond donors (Lipinski definition) is 0. The summed E-state index contributed by atoms with van der Waals surface area (Å²) in [5.41, 5.74) is 2.58. The topological polar surface area (TPSA) is 54.9 Å². The molecule has 32 heavy (non-hydrogen) atoms. The van der Waals surface area contributed by atoms with Crippen molar-refractivity contribution in [3.63, 3.8) is 0 Å². The first-order valence-corrected chi connectivity index (χ1v) is 12.0. The van der Waals surface area contributed by atoms with Gasteiger partial charge in [0.05, 0.1) is 25.0 Å². The lowest BCUT2D eigenvalue weighted by molar-refractivity contribution is 0.0376. The first-order chi connectivity index (χ1) is 15.1. The largest absolute Gasteiger partial charge is 0.494 e. The van der Waals surface area contributed by atoms with E-state index in [1.54, 1.807) is 18.4 Å². The van der Waals surface area contributed by atoms with E-state index in [2.05, 4.69) is 27.8 Å². The number of anilines is 1. The van der Waals surface area contributed by atoms with Gasteiger partial charge in [-0.2, -0.15) is 0 Å². The van der Waals surface area contributed by atoms with Gasteiger partial charge in [0.25, 0.3) is 5.91 Å². The standard InChI is InChI=1S/C23H26BrN3O3S.ClH/c1-16-7-8-19(29-2)20-21(16)31-23(25-20)27(10-4-9-26-11-13-30-14-12-26)22(28)17-5-3-6-18(24)15-17;/h3,5-8,15H,4,9-14H2,1-2H3;1H. The van der Waals surface area contributed by atoms with E-state index in [0.29, 0.717) is 17.2 Å². The predicted octanol–water partition coefficient (Wildman–Crippen LogP) is 5.17. The Balaban J connectivity index is 0.00000289. The van der Waals surface area contributed by atoms with Crippen LogP contribution in [0.15, 0.2) is 40.9 Å². The number of methoxy groups -OCH3 is 1. The SMILES string of the molecule is COc1ccc(C)c2sc(N(CCCN3CCOCC3)C(=O)c3cccc(Br)c3)nc12.Cl. The van der Waals surface area contributed by atoms with Crippen LogP contribution in [0.25, 0.3) is 10.2 Å². The van der Waals surface area contributed by atoms with Crippen molar-refractivity contribution in [3.8, 4) is 5.75 Å². The molecule has 0 atom stereocenters. The first kappa shape index (κ1) is 24.9. The summed E-state index contributed by atoms with van der Waals surface area (Å²) in [6, 6.07) is 11.5. The Bertz CT molecular complexity index is 1070. The third kappa shape index (κ3) is 5.61. The van der Waals surface area contributed by atoms with E-state index in [1.807, 2.05) is 41.3 Å². The number of benzene rings is 2. The molecule has 4 rings (SSSR count). The molecule has 0 aliphatic carbocycles. The number of aryl methyl sites for hydroxylation is 1. The molecule has 0 unspecified atom stereocenters. The highest BCUT2D eigenvalue weighted by molar-refractivity contribution is 9.10.